The van der Waals surface area contributed by atoms with Crippen LogP contribution in [0.2, 0.25) is 0 Å². The molecule has 0 nitrogen and oxygen atoms in total. The molecule has 2 fully saturated rings. The monoisotopic (exact) mass is 1430 g/mol. The molecule has 0 aliphatic heterocycles. The molecule has 8 aromatic carbocycles. The van der Waals surface area contributed by atoms with Crippen molar-refractivity contribution in [2.45, 2.75) is 338 Å². The topological polar surface area (TPSA) is 0 Å². The standard InChI is InChI=1S/C107H142/c1-13-23-29-31-33-43-82-70-106-71-83(44-34-32-30-24-14-2)73-107(106,72-82)103-69-85(52-56-92(103)91-53-49-74(11)57-102(91)106)104-94-48-38-36-46-90(94)100(101-64-81(51-55-96(101)104)59-77(20-8)40-26-16-4)66-84-62-86(60-78(21-9)41-27-17-5)99-68-88(67-87(98(99)65-84)61-79(22-10)42-28-18-6)105-93-47-37-35-45-89(93)75(12)97-63-80(50-54-95(97)105)58-76(19-7)39-25-15-3/h35-38,45-57,62-64,67-69,76-79,82-83,98H,13-34,39-44,58-61,65-66,70-73H2,1-12H3. The van der Waals surface area contributed by atoms with Gasteiger partial charge in [0, 0.05) is 16.7 Å². The summed E-state index contributed by atoms with van der Waals surface area (Å²) in [6, 6.07) is 51.0. The van der Waals surface area contributed by atoms with Crippen molar-refractivity contribution in [2.24, 2.45) is 41.4 Å². The molecule has 0 amide bonds. The van der Waals surface area contributed by atoms with E-state index in [0.29, 0.717) is 23.7 Å². The van der Waals surface area contributed by atoms with E-state index in [4.69, 9.17) is 0 Å². The van der Waals surface area contributed by atoms with Crippen molar-refractivity contribution >= 4 is 48.7 Å². The molecule has 0 heteroatoms. The van der Waals surface area contributed by atoms with Gasteiger partial charge in [-0.1, -0.05) is 399 Å². The van der Waals surface area contributed by atoms with Crippen LogP contribution in [0.1, 0.15) is 338 Å². The first-order valence-corrected chi connectivity index (χ1v) is 45.4. The van der Waals surface area contributed by atoms with Crippen LogP contribution in [0, 0.1) is 55.3 Å². The van der Waals surface area contributed by atoms with Crippen molar-refractivity contribution in [1.29, 1.82) is 0 Å². The van der Waals surface area contributed by atoms with Gasteiger partial charge >= 0.3 is 0 Å². The van der Waals surface area contributed by atoms with E-state index in [0.717, 1.165) is 43.4 Å². The van der Waals surface area contributed by atoms with E-state index >= 15 is 0 Å². The van der Waals surface area contributed by atoms with Crippen LogP contribution >= 0.6 is 0 Å². The van der Waals surface area contributed by atoms with Gasteiger partial charge in [-0.3, -0.25) is 0 Å². The van der Waals surface area contributed by atoms with E-state index in [2.05, 4.69) is 223 Å². The van der Waals surface area contributed by atoms with Crippen molar-refractivity contribution in [2.75, 3.05) is 0 Å². The second kappa shape index (κ2) is 36.7. The minimum absolute atomic E-state index is 0.144. The van der Waals surface area contributed by atoms with Crippen LogP contribution in [0.25, 0.3) is 70.9 Å². The van der Waals surface area contributed by atoms with Crippen LogP contribution in [-0.2, 0) is 30.1 Å². The summed E-state index contributed by atoms with van der Waals surface area (Å²) >= 11 is 0. The van der Waals surface area contributed by atoms with Gasteiger partial charge in [0.2, 0.25) is 0 Å². The highest BCUT2D eigenvalue weighted by Gasteiger charge is 2.66. The predicted octanol–water partition coefficient (Wildman–Crippen LogP) is 32.8. The normalized spacial score (nSPS) is 20.8. The van der Waals surface area contributed by atoms with E-state index in [1.54, 1.807) is 50.1 Å². The third-order valence-corrected chi connectivity index (χ3v) is 28.9. The Morgan fingerprint density at radius 1 is 0.383 bits per heavy atom. The average Bonchev–Trinajstić information content (AvgIpc) is 1.51. The molecule has 7 unspecified atom stereocenters. The maximum absolute atomic E-state index is 2.87. The van der Waals surface area contributed by atoms with Crippen molar-refractivity contribution in [3.8, 4) is 22.3 Å². The smallest absolute Gasteiger partial charge is 0.00919 e. The number of allylic oxidation sites excluding steroid dienone is 8. The van der Waals surface area contributed by atoms with E-state index < -0.39 is 0 Å². The zero-order valence-corrected chi connectivity index (χ0v) is 69.7. The number of rotatable bonds is 40. The molecule has 0 bridgehead atoms. The van der Waals surface area contributed by atoms with Gasteiger partial charge in [-0.05, 0) is 241 Å². The van der Waals surface area contributed by atoms with E-state index in [-0.39, 0.29) is 10.8 Å². The molecule has 570 valence electrons. The molecular weight excluding hydrogens is 1290 g/mol. The molecule has 8 aromatic rings. The molecule has 13 rings (SSSR count). The van der Waals surface area contributed by atoms with E-state index in [9.17, 15) is 0 Å². The Kier molecular flexibility index (Phi) is 27.1. The van der Waals surface area contributed by atoms with Gasteiger partial charge in [-0.25, -0.2) is 0 Å². The van der Waals surface area contributed by atoms with Crippen molar-refractivity contribution in [3.05, 3.63) is 206 Å². The Balaban J connectivity index is 0.992. The largest absolute Gasteiger partial charge is 0.0654 e. The van der Waals surface area contributed by atoms with Gasteiger partial charge in [0.05, 0.1) is 0 Å². The predicted molar refractivity (Wildman–Crippen MR) is 472 cm³/mol. The summed E-state index contributed by atoms with van der Waals surface area (Å²) in [6.45, 7) is 29.0. The van der Waals surface area contributed by atoms with Crippen LogP contribution < -0.4 is 0 Å². The van der Waals surface area contributed by atoms with Crippen molar-refractivity contribution < 1.29 is 0 Å². The molecule has 0 radical (unpaired) electrons. The van der Waals surface area contributed by atoms with Gasteiger partial charge in [0.1, 0.15) is 0 Å². The number of hydrogen-bond acceptors (Lipinski definition) is 0. The lowest BCUT2D eigenvalue weighted by atomic mass is 9.55. The first-order chi connectivity index (χ1) is 52.4. The van der Waals surface area contributed by atoms with Gasteiger partial charge < -0.3 is 0 Å². The van der Waals surface area contributed by atoms with Crippen LogP contribution in [-0.4, -0.2) is 0 Å². The molecule has 0 N–H and O–H groups in total. The molecule has 5 aliphatic carbocycles. The molecule has 5 aliphatic rings. The highest BCUT2D eigenvalue weighted by Crippen LogP contribution is 2.73. The van der Waals surface area contributed by atoms with Gasteiger partial charge in [0.25, 0.3) is 0 Å². The maximum atomic E-state index is 2.87. The minimum Gasteiger partial charge on any atom is -0.0654 e. The quantitative estimate of drug-likeness (QED) is 0.0265. The fourth-order valence-electron chi connectivity index (χ4n) is 22.9. The second-order valence-electron chi connectivity index (χ2n) is 36.2. The fourth-order valence-corrected chi connectivity index (χ4v) is 22.9. The number of fused-ring (bicyclic) bond motifs is 8. The first kappa shape index (κ1) is 78.9. The molecule has 0 aromatic heterocycles. The zero-order chi connectivity index (χ0) is 74.6. The van der Waals surface area contributed by atoms with Crippen LogP contribution in [0.15, 0.2) is 162 Å². The minimum atomic E-state index is 0.144. The average molecular weight is 1430 g/mol. The van der Waals surface area contributed by atoms with Gasteiger partial charge in [-0.2, -0.15) is 0 Å². The van der Waals surface area contributed by atoms with Crippen molar-refractivity contribution in [1.82, 2.24) is 0 Å². The Labute approximate surface area is 652 Å². The second-order valence-corrected chi connectivity index (χ2v) is 36.2. The van der Waals surface area contributed by atoms with Crippen LogP contribution in [0.5, 0.6) is 0 Å². The SMILES string of the molecule is CCCCCCCC1CC23CC(CCCCCCC)CC2(C1)c1cc(-c2c4ccccc4c(CC4=CC(CC(CC)CCCC)=C5C=C(c6c7ccccc7c(C)c7cc(CC(CC)CCCC)ccc67)C=C(CC(CC)CCCC)C5C4)c4cc(CC(CC)CCCC)ccc24)ccc1-c1ccc(C)cc13. The molecule has 0 spiro atoms. The zero-order valence-electron chi connectivity index (χ0n) is 69.7. The molecule has 7 atom stereocenters. The Hall–Kier alpha value is -6.24. The van der Waals surface area contributed by atoms with Crippen LogP contribution in [0.3, 0.4) is 0 Å². The molecule has 2 saturated carbocycles. The molecule has 107 heavy (non-hydrogen) atoms. The van der Waals surface area contributed by atoms with Crippen LogP contribution in [0.4, 0.5) is 0 Å². The summed E-state index contributed by atoms with van der Waals surface area (Å²) in [5.41, 5.74) is 26.8. The highest BCUT2D eigenvalue weighted by atomic mass is 14.7. The Bertz CT molecular complexity index is 4440. The third-order valence-electron chi connectivity index (χ3n) is 28.9. The molecule has 0 saturated heterocycles. The number of hydrogen-bond donors (Lipinski definition) is 0. The Morgan fingerprint density at radius 2 is 0.850 bits per heavy atom. The van der Waals surface area contributed by atoms with E-state index in [1.165, 1.54) is 306 Å². The lowest BCUT2D eigenvalue weighted by Gasteiger charge is -2.48. The van der Waals surface area contributed by atoms with Gasteiger partial charge in [-0.15, -0.1) is 0 Å². The summed E-state index contributed by atoms with van der Waals surface area (Å²) in [5, 5.41) is 11.6. The van der Waals surface area contributed by atoms with Crippen molar-refractivity contribution in [3.63, 3.8) is 0 Å². The van der Waals surface area contributed by atoms with Gasteiger partial charge in [0.15, 0.2) is 0 Å². The third kappa shape index (κ3) is 16.7. The lowest BCUT2D eigenvalue weighted by molar-refractivity contribution is 0.299. The first-order valence-electron chi connectivity index (χ1n) is 45.4. The summed E-state index contributed by atoms with van der Waals surface area (Å²) in [4.78, 5) is 0. The van der Waals surface area contributed by atoms with E-state index in [1.807, 2.05) is 0 Å². The lowest BCUT2D eigenvalue weighted by Crippen LogP contribution is -2.43. The maximum Gasteiger partial charge on any atom is 0.00919 e. The summed E-state index contributed by atoms with van der Waals surface area (Å²) < 4.78 is 0. The number of aryl methyl sites for hydroxylation is 2. The number of unbranched alkanes of at least 4 members (excludes halogenated alkanes) is 12. The summed E-state index contributed by atoms with van der Waals surface area (Å²) in [7, 11) is 0. The summed E-state index contributed by atoms with van der Waals surface area (Å²) in [5.74, 6) is 4.62. The number of benzene rings is 8. The Morgan fingerprint density at radius 3 is 1.40 bits per heavy atom. The summed E-state index contributed by atoms with van der Waals surface area (Å²) in [6.07, 6.45) is 57.5. The molecular formula is C107H142. The fraction of sp³-hybridized carbons (Fsp3) is 0.551. The molecule has 0 heterocycles. The highest BCUT2D eigenvalue weighted by molar-refractivity contribution is 6.16.